The molecule has 1 saturated heterocycles. The number of hydrogen-bond acceptors (Lipinski definition) is 5. The summed E-state index contributed by atoms with van der Waals surface area (Å²) < 4.78 is 1.70. The molecule has 0 bridgehead atoms. The van der Waals surface area contributed by atoms with Gasteiger partial charge in [0, 0.05) is 38.3 Å². The van der Waals surface area contributed by atoms with Gasteiger partial charge in [-0.1, -0.05) is 30.3 Å². The number of fused-ring (bicyclic) bond motifs is 1. The van der Waals surface area contributed by atoms with Gasteiger partial charge in [-0.15, -0.1) is 0 Å². The summed E-state index contributed by atoms with van der Waals surface area (Å²) in [7, 11) is 0. The number of benzene rings is 1. The normalized spacial score (nSPS) is 17.0. The quantitative estimate of drug-likeness (QED) is 0.682. The highest BCUT2D eigenvalue weighted by molar-refractivity contribution is 5.81. The minimum atomic E-state index is -0.137. The van der Waals surface area contributed by atoms with Crippen LogP contribution in [0.25, 0.3) is 11.2 Å². The van der Waals surface area contributed by atoms with Gasteiger partial charge in [-0.2, -0.15) is 0 Å². The van der Waals surface area contributed by atoms with Crippen molar-refractivity contribution in [1.29, 1.82) is 0 Å². The summed E-state index contributed by atoms with van der Waals surface area (Å²) in [5.41, 5.74) is 2.20. The minimum absolute atomic E-state index is 0.137. The van der Waals surface area contributed by atoms with Gasteiger partial charge in [0.15, 0.2) is 11.5 Å². The van der Waals surface area contributed by atoms with Crippen LogP contribution >= 0.6 is 0 Å². The second-order valence-electron chi connectivity index (χ2n) is 7.75. The predicted molar refractivity (Wildman–Crippen MR) is 111 cm³/mol. The van der Waals surface area contributed by atoms with Gasteiger partial charge in [0.25, 0.3) is 5.56 Å². The van der Waals surface area contributed by atoms with Crippen LogP contribution in [0.5, 0.6) is 0 Å². The summed E-state index contributed by atoms with van der Waals surface area (Å²) in [4.78, 5) is 38.7. The second-order valence-corrected chi connectivity index (χ2v) is 7.75. The van der Waals surface area contributed by atoms with Crippen molar-refractivity contribution in [2.24, 2.45) is 5.92 Å². The molecule has 148 valence electrons. The molecule has 2 fully saturated rings. The summed E-state index contributed by atoms with van der Waals surface area (Å²) in [6.07, 6.45) is 3.72. The number of anilines is 1. The number of piperazine rings is 1. The molecule has 1 aliphatic carbocycles. The van der Waals surface area contributed by atoms with E-state index in [9.17, 15) is 9.59 Å². The van der Waals surface area contributed by atoms with Crippen LogP contribution in [0, 0.1) is 5.92 Å². The molecule has 1 saturated carbocycles. The number of carbonyl (C=O) groups excluding carboxylic acids is 1. The molecule has 29 heavy (non-hydrogen) atoms. The highest BCUT2D eigenvalue weighted by atomic mass is 16.2. The predicted octanol–water partition coefficient (Wildman–Crippen LogP) is 1.90. The van der Waals surface area contributed by atoms with Gasteiger partial charge in [0.05, 0.1) is 6.54 Å². The number of rotatable bonds is 4. The Bertz CT molecular complexity index is 1100. The smallest absolute Gasteiger partial charge is 0.295 e. The van der Waals surface area contributed by atoms with Crippen LogP contribution in [0.1, 0.15) is 18.4 Å². The highest BCUT2D eigenvalue weighted by Gasteiger charge is 2.35. The number of hydrogen-bond donors (Lipinski definition) is 0. The van der Waals surface area contributed by atoms with Crippen LogP contribution in [0.2, 0.25) is 0 Å². The molecule has 0 unspecified atom stereocenters. The van der Waals surface area contributed by atoms with Crippen LogP contribution in [0.3, 0.4) is 0 Å². The van der Waals surface area contributed by atoms with E-state index in [2.05, 4.69) is 9.97 Å². The number of aromatic nitrogens is 3. The maximum atomic E-state index is 13.4. The van der Waals surface area contributed by atoms with Crippen LogP contribution in [0.15, 0.2) is 53.5 Å². The van der Waals surface area contributed by atoms with E-state index in [0.717, 1.165) is 18.4 Å². The van der Waals surface area contributed by atoms with Crippen LogP contribution in [-0.2, 0) is 11.3 Å². The SMILES string of the molecule is O=C(C1CC1)N1CCN(c2nc3cccnc3n(Cc3ccccc3)c2=O)CC1. The largest absolute Gasteiger partial charge is 0.348 e. The molecule has 0 radical (unpaired) electrons. The second kappa shape index (κ2) is 7.31. The topological polar surface area (TPSA) is 71.3 Å². The summed E-state index contributed by atoms with van der Waals surface area (Å²) in [6, 6.07) is 13.6. The highest BCUT2D eigenvalue weighted by Crippen LogP contribution is 2.31. The van der Waals surface area contributed by atoms with E-state index in [4.69, 9.17) is 0 Å². The fraction of sp³-hybridized carbons (Fsp3) is 0.364. The third-order valence-electron chi connectivity index (χ3n) is 5.69. The van der Waals surface area contributed by atoms with Crippen molar-refractivity contribution in [3.8, 4) is 0 Å². The van der Waals surface area contributed by atoms with Crippen molar-refractivity contribution in [3.05, 3.63) is 64.6 Å². The average molecular weight is 389 g/mol. The van der Waals surface area contributed by atoms with Crippen LogP contribution in [-0.4, -0.2) is 51.5 Å². The number of amides is 1. The molecule has 2 aromatic heterocycles. The first kappa shape index (κ1) is 17.8. The lowest BCUT2D eigenvalue weighted by Crippen LogP contribution is -2.51. The molecule has 0 N–H and O–H groups in total. The molecular formula is C22H23N5O2. The van der Waals surface area contributed by atoms with E-state index in [1.165, 1.54) is 0 Å². The molecule has 1 amide bonds. The van der Waals surface area contributed by atoms with Crippen molar-refractivity contribution in [2.45, 2.75) is 19.4 Å². The lowest BCUT2D eigenvalue weighted by atomic mass is 10.2. The monoisotopic (exact) mass is 389 g/mol. The van der Waals surface area contributed by atoms with Gasteiger partial charge < -0.3 is 9.80 Å². The van der Waals surface area contributed by atoms with Gasteiger partial charge in [-0.05, 0) is 30.5 Å². The summed E-state index contributed by atoms with van der Waals surface area (Å²) in [5, 5.41) is 0. The van der Waals surface area contributed by atoms with Crippen molar-refractivity contribution in [3.63, 3.8) is 0 Å². The molecule has 3 heterocycles. The minimum Gasteiger partial charge on any atom is -0.348 e. The molecule has 1 aliphatic heterocycles. The summed E-state index contributed by atoms with van der Waals surface area (Å²) in [6.45, 7) is 2.97. The Morgan fingerprint density at radius 2 is 1.76 bits per heavy atom. The van der Waals surface area contributed by atoms with Gasteiger partial charge in [0.1, 0.15) is 5.52 Å². The molecule has 3 aromatic rings. The van der Waals surface area contributed by atoms with Crippen molar-refractivity contribution >= 4 is 22.9 Å². The van der Waals surface area contributed by atoms with Crippen molar-refractivity contribution < 1.29 is 4.79 Å². The van der Waals surface area contributed by atoms with E-state index < -0.39 is 0 Å². The number of pyridine rings is 1. The molecule has 7 heteroatoms. The van der Waals surface area contributed by atoms with E-state index >= 15 is 0 Å². The third-order valence-corrected chi connectivity index (χ3v) is 5.69. The molecule has 7 nitrogen and oxygen atoms in total. The number of nitrogens with zero attached hydrogens (tertiary/aromatic N) is 5. The Morgan fingerprint density at radius 3 is 2.48 bits per heavy atom. The summed E-state index contributed by atoms with van der Waals surface area (Å²) >= 11 is 0. The van der Waals surface area contributed by atoms with Crippen LogP contribution in [0.4, 0.5) is 5.82 Å². The zero-order valence-corrected chi connectivity index (χ0v) is 16.2. The van der Waals surface area contributed by atoms with E-state index in [0.29, 0.717) is 49.7 Å². The first-order chi connectivity index (χ1) is 14.2. The van der Waals surface area contributed by atoms with E-state index in [-0.39, 0.29) is 17.4 Å². The van der Waals surface area contributed by atoms with Crippen molar-refractivity contribution in [2.75, 3.05) is 31.1 Å². The Morgan fingerprint density at radius 1 is 1.00 bits per heavy atom. The van der Waals surface area contributed by atoms with Crippen molar-refractivity contribution in [1.82, 2.24) is 19.4 Å². The maximum Gasteiger partial charge on any atom is 0.295 e. The lowest BCUT2D eigenvalue weighted by Gasteiger charge is -2.35. The summed E-state index contributed by atoms with van der Waals surface area (Å²) in [5.74, 6) is 0.941. The Kier molecular flexibility index (Phi) is 4.50. The fourth-order valence-corrected chi connectivity index (χ4v) is 3.91. The Balaban J connectivity index is 1.47. The molecule has 1 aromatic carbocycles. The van der Waals surface area contributed by atoms with E-state index in [1.807, 2.05) is 52.3 Å². The molecule has 2 aliphatic rings. The fourth-order valence-electron chi connectivity index (χ4n) is 3.91. The lowest BCUT2D eigenvalue weighted by molar-refractivity contribution is -0.132. The zero-order chi connectivity index (χ0) is 19.8. The van der Waals surface area contributed by atoms with Gasteiger partial charge in [0.2, 0.25) is 5.91 Å². The Hall–Kier alpha value is -3.22. The molecule has 0 spiro atoms. The average Bonchev–Trinajstić information content (AvgIpc) is 3.61. The molecule has 0 atom stereocenters. The van der Waals surface area contributed by atoms with Crippen LogP contribution < -0.4 is 10.5 Å². The first-order valence-corrected chi connectivity index (χ1v) is 10.1. The van der Waals surface area contributed by atoms with Gasteiger partial charge in [-0.3, -0.25) is 14.2 Å². The maximum absolute atomic E-state index is 13.4. The first-order valence-electron chi connectivity index (χ1n) is 10.1. The van der Waals surface area contributed by atoms with Gasteiger partial charge >= 0.3 is 0 Å². The number of carbonyl (C=O) groups is 1. The Labute approximate surface area is 168 Å². The van der Waals surface area contributed by atoms with E-state index in [1.54, 1.807) is 10.8 Å². The third kappa shape index (κ3) is 3.48. The molecular weight excluding hydrogens is 366 g/mol. The standard InChI is InChI=1S/C22H23N5O2/c28-21(17-8-9-17)26-13-11-25(12-14-26)20-22(29)27(15-16-5-2-1-3-6-16)19-18(24-20)7-4-10-23-19/h1-7,10,17H,8-9,11-15H2. The van der Waals surface area contributed by atoms with Gasteiger partial charge in [-0.25, -0.2) is 9.97 Å². The zero-order valence-electron chi connectivity index (χ0n) is 16.2. The molecule has 5 rings (SSSR count).